The van der Waals surface area contributed by atoms with E-state index < -0.39 is 30.0 Å². The van der Waals surface area contributed by atoms with Crippen LogP contribution in [-0.2, 0) is 33.7 Å². The minimum absolute atomic E-state index is 0.0246. The van der Waals surface area contributed by atoms with Gasteiger partial charge in [-0.05, 0) is 127 Å². The number of carbonyl (C=O) groups excluding carboxylic acids is 4. The number of rotatable bonds is 26. The average Bonchev–Trinajstić information content (AvgIpc) is 1.75. The number of nitrogens with zero attached hydrogens (tertiary/aromatic N) is 9. The first-order valence-corrected chi connectivity index (χ1v) is 32.8. The summed E-state index contributed by atoms with van der Waals surface area (Å²) in [4.78, 5) is 140. The molecule has 41 heteroatoms. The highest BCUT2D eigenvalue weighted by atomic mass is 16.7. The molecule has 0 unspecified atom stereocenters. The van der Waals surface area contributed by atoms with Gasteiger partial charge in [-0.2, -0.15) is 10.2 Å². The standard InChI is InChI=1S/C15H13N5O3.2C14H15N5O2.C13H11N7O3.C12H13N7O2/c21-13(8-14(22)18-12-3-1-2-6-16-12)17-9-4-5-10-11(7-9)19-20-15(10)23;20-14-11-5-4-10(9-12(11)17-18-14)15-7-8-21-19-13-3-1-2-6-16-13;20-14-11-5-4-10(9-12(11)17-18-14)19-21-8-7-16-13-3-1-2-6-15-13;21-10(6-11(22)17-13-14-3-4-15-20-13)16-7-1-2-8-9(5-7)18-19-12(8)23;20-11-9-2-1-8(7-10(9)16-17-11)13-5-6-21-19-12-14-3-4-15-18-12/h1-7H,8H2,(H,17,21)(H,16,18,22)(H2,19,20,23);1-6,9,15H,7-8H2,(H,16,19)(H2,17,18,20);1-6,9,19H,7-8H2,(H,15,16)(H2,17,18,20);1-5H,6H2,(H,16,21)(H2,18,19,23)(H,14,17,20,22);1-4,7,13H,5-6H2,(H,14,18,19)(H2,16,17,20). The molecule has 0 bridgehead atoms. The Bertz CT molecular complexity index is 5300. The molecule has 10 heterocycles. The molecule has 20 N–H and O–H groups in total. The maximum atomic E-state index is 11.9. The molecule has 0 atom stereocenters. The normalized spacial score (nSPS) is 10.6. The van der Waals surface area contributed by atoms with Gasteiger partial charge in [0.15, 0.2) is 0 Å². The molecule has 0 aliphatic carbocycles. The first kappa shape index (κ1) is 74.7. The van der Waals surface area contributed by atoms with Gasteiger partial charge in [0, 0.05) is 61.0 Å². The van der Waals surface area contributed by atoms with Crippen molar-refractivity contribution in [2.75, 3.05) is 93.1 Å². The predicted molar refractivity (Wildman–Crippen MR) is 405 cm³/mol. The molecule has 0 aliphatic rings. The van der Waals surface area contributed by atoms with E-state index in [4.69, 9.17) is 14.5 Å². The molecule has 556 valence electrons. The monoisotopic (exact) mass is 1480 g/mol. The van der Waals surface area contributed by atoms with Gasteiger partial charge in [0.05, 0.1) is 105 Å². The highest BCUT2D eigenvalue weighted by molar-refractivity contribution is 6.09. The summed E-state index contributed by atoms with van der Waals surface area (Å²) >= 11 is 0. The van der Waals surface area contributed by atoms with E-state index in [9.17, 15) is 43.2 Å². The fourth-order valence-electron chi connectivity index (χ4n) is 9.71. The van der Waals surface area contributed by atoms with Gasteiger partial charge in [-0.3, -0.25) is 119 Å². The van der Waals surface area contributed by atoms with Crippen LogP contribution in [0.1, 0.15) is 12.8 Å². The highest BCUT2D eigenvalue weighted by Gasteiger charge is 2.15. The fourth-order valence-corrected chi connectivity index (χ4v) is 9.71. The van der Waals surface area contributed by atoms with Gasteiger partial charge in [0.25, 0.3) is 33.7 Å². The summed E-state index contributed by atoms with van der Waals surface area (Å²) in [5.41, 5.74) is 14.3. The van der Waals surface area contributed by atoms with Crippen molar-refractivity contribution in [1.29, 1.82) is 0 Å². The largest absolute Gasteiger partial charge is 0.383 e. The van der Waals surface area contributed by atoms with E-state index in [1.165, 1.54) is 24.8 Å². The number of hydrogen-bond acceptors (Lipinski definition) is 27. The van der Waals surface area contributed by atoms with E-state index in [1.54, 1.807) is 104 Å². The number of hydrogen-bond donors (Lipinski definition) is 20. The summed E-state index contributed by atoms with van der Waals surface area (Å²) in [5.74, 6) is 0.205. The van der Waals surface area contributed by atoms with Crippen molar-refractivity contribution in [2.45, 2.75) is 12.8 Å². The summed E-state index contributed by atoms with van der Waals surface area (Å²) in [6.07, 6.45) is 9.96. The Morgan fingerprint density at radius 3 is 1.09 bits per heavy atom. The Balaban J connectivity index is 0.000000135. The van der Waals surface area contributed by atoms with Crippen LogP contribution >= 0.6 is 0 Å². The number of amides is 4. The lowest BCUT2D eigenvalue weighted by Crippen LogP contribution is -2.22. The third kappa shape index (κ3) is 22.7. The van der Waals surface area contributed by atoms with Crippen LogP contribution in [0.15, 0.2) is 213 Å². The van der Waals surface area contributed by atoms with Crippen LogP contribution in [0.25, 0.3) is 54.5 Å². The number of nitrogens with one attached hydrogen (secondary N) is 20. The van der Waals surface area contributed by atoms with E-state index in [-0.39, 0.29) is 40.2 Å². The number of carbonyl (C=O) groups is 4. The summed E-state index contributed by atoms with van der Waals surface area (Å²) in [7, 11) is 0. The van der Waals surface area contributed by atoms with E-state index in [0.29, 0.717) is 106 Å². The zero-order chi connectivity index (χ0) is 75.9. The van der Waals surface area contributed by atoms with Crippen LogP contribution < -0.4 is 81.5 Å². The number of aromatic amines is 10. The predicted octanol–water partition coefficient (Wildman–Crippen LogP) is 5.14. The molecule has 0 aliphatic heterocycles. The van der Waals surface area contributed by atoms with Crippen LogP contribution in [-0.4, -0.2) is 159 Å². The number of fused-ring (bicyclic) bond motifs is 5. The van der Waals surface area contributed by atoms with E-state index in [2.05, 4.69) is 150 Å². The van der Waals surface area contributed by atoms with Crippen molar-refractivity contribution in [3.05, 3.63) is 241 Å². The minimum atomic E-state index is -0.563. The van der Waals surface area contributed by atoms with Crippen molar-refractivity contribution in [3.8, 4) is 0 Å². The van der Waals surface area contributed by atoms with Gasteiger partial charge in [0.1, 0.15) is 30.3 Å². The van der Waals surface area contributed by atoms with Crippen LogP contribution in [0, 0.1) is 0 Å². The molecule has 5 aromatic carbocycles. The average molecular weight is 1480 g/mol. The highest BCUT2D eigenvalue weighted by Crippen LogP contribution is 2.19. The fraction of sp³-hybridized carbons (Fsp3) is 0.118. The number of anilines is 10. The number of pyridine rings is 3. The second kappa shape index (κ2) is 38.1. The quantitative estimate of drug-likeness (QED) is 0.0190. The van der Waals surface area contributed by atoms with Gasteiger partial charge < -0.3 is 31.9 Å². The molecule has 15 aromatic rings. The third-order valence-corrected chi connectivity index (χ3v) is 14.7. The molecule has 109 heavy (non-hydrogen) atoms. The van der Waals surface area contributed by atoms with Crippen LogP contribution in [0.4, 0.5) is 57.8 Å². The van der Waals surface area contributed by atoms with Crippen LogP contribution in [0.2, 0.25) is 0 Å². The lowest BCUT2D eigenvalue weighted by Gasteiger charge is -2.08. The molecule has 0 fully saturated rings. The maximum Gasteiger partial charge on any atom is 0.271 e. The zero-order valence-electron chi connectivity index (χ0n) is 57.0. The molecule has 41 nitrogen and oxygen atoms in total. The van der Waals surface area contributed by atoms with E-state index >= 15 is 0 Å². The summed E-state index contributed by atoms with van der Waals surface area (Å²) in [6, 6.07) is 42.1. The molecule has 0 radical (unpaired) electrons. The number of aromatic nitrogens is 19. The van der Waals surface area contributed by atoms with Crippen molar-refractivity contribution < 1.29 is 33.7 Å². The molecule has 15 rings (SSSR count). The van der Waals surface area contributed by atoms with E-state index in [0.717, 1.165) is 39.4 Å². The molecule has 0 saturated carbocycles. The second-order valence-electron chi connectivity index (χ2n) is 22.5. The first-order chi connectivity index (χ1) is 53.2. The Morgan fingerprint density at radius 2 is 0.661 bits per heavy atom. The lowest BCUT2D eigenvalue weighted by molar-refractivity contribution is -0.125. The van der Waals surface area contributed by atoms with Gasteiger partial charge >= 0.3 is 0 Å². The van der Waals surface area contributed by atoms with E-state index in [1.807, 2.05) is 60.7 Å². The Kier molecular flexibility index (Phi) is 26.1. The third-order valence-electron chi connectivity index (χ3n) is 14.7. The van der Waals surface area contributed by atoms with Gasteiger partial charge in [-0.15, -0.1) is 10.2 Å². The van der Waals surface area contributed by atoms with Crippen molar-refractivity contribution in [3.63, 3.8) is 0 Å². The second-order valence-corrected chi connectivity index (χ2v) is 22.5. The Hall–Kier alpha value is -15.5. The van der Waals surface area contributed by atoms with Crippen molar-refractivity contribution in [2.24, 2.45) is 0 Å². The zero-order valence-corrected chi connectivity index (χ0v) is 57.0. The van der Waals surface area contributed by atoms with Crippen LogP contribution in [0.3, 0.4) is 0 Å². The molecule has 0 saturated heterocycles. The maximum absolute atomic E-state index is 11.9. The summed E-state index contributed by atoms with van der Waals surface area (Å²) < 4.78 is 0. The molecular formula is C68H67N29O12. The Labute approximate surface area is 610 Å². The molecular weight excluding hydrogens is 1410 g/mol. The Morgan fingerprint density at radius 1 is 0.303 bits per heavy atom. The first-order valence-electron chi connectivity index (χ1n) is 32.8. The smallest absolute Gasteiger partial charge is 0.271 e. The number of H-pyrrole nitrogens is 10. The van der Waals surface area contributed by atoms with Gasteiger partial charge in [0.2, 0.25) is 29.6 Å². The van der Waals surface area contributed by atoms with Gasteiger partial charge in [-0.1, -0.05) is 18.2 Å². The summed E-state index contributed by atoms with van der Waals surface area (Å²) in [6.45, 7) is 3.18. The SMILES string of the molecule is O=C(CC(=O)Nc1ccccn1)Nc1ccc2c(=O)[nH][nH]c2c1.O=C(CC(=O)Nc1nccnn1)Nc1ccc2c(=O)[nH][nH]c2c1.O=c1[nH][nH]c2cc(NCCONc3ccccn3)ccc12.O=c1[nH][nH]c2cc(NCCONc3nccnn3)ccc12.O=c1[nH][nH]c2cc(NOCCNc3ccccn3)ccc12. The van der Waals surface area contributed by atoms with Crippen LogP contribution in [0.5, 0.6) is 0 Å². The summed E-state index contributed by atoms with van der Waals surface area (Å²) in [5, 5.41) is 63.3. The van der Waals surface area contributed by atoms with Crippen molar-refractivity contribution in [1.82, 2.24) is 96.3 Å². The number of benzene rings is 5. The topological polar surface area (TPSA) is 576 Å². The lowest BCUT2D eigenvalue weighted by atomic mass is 10.2. The molecule has 0 spiro atoms. The minimum Gasteiger partial charge on any atom is -0.383 e. The van der Waals surface area contributed by atoms with Gasteiger partial charge in [-0.25, -0.2) is 35.9 Å². The van der Waals surface area contributed by atoms with Crippen molar-refractivity contribution >= 4 is 136 Å². The molecule has 4 amide bonds. The molecule has 10 aromatic heterocycles.